The van der Waals surface area contributed by atoms with E-state index in [2.05, 4.69) is 115 Å². The summed E-state index contributed by atoms with van der Waals surface area (Å²) in [6.45, 7) is 0. The second-order valence-electron chi connectivity index (χ2n) is 11.3. The number of aromatic nitrogens is 3. The molecule has 210 valence electrons. The number of hydrogen-bond donors (Lipinski definition) is 0. The van der Waals surface area contributed by atoms with Crippen molar-refractivity contribution in [2.45, 2.75) is 0 Å². The minimum atomic E-state index is 0.604. The Bertz CT molecular complexity index is 2550. The van der Waals surface area contributed by atoms with E-state index in [0.717, 1.165) is 60.5 Å². The molecule has 0 aliphatic heterocycles. The molecule has 0 aliphatic carbocycles. The summed E-state index contributed by atoms with van der Waals surface area (Å²) in [7, 11) is 0. The molecular weight excluding hydrogens is 550 g/mol. The SMILES string of the molecule is c1ccc(-c2cc3ccccc3cc2-c2nc(-c3ccc4ccccc4c3)nc(-c3cccc4oc5ccccc5c34)n2)cc1. The van der Waals surface area contributed by atoms with Crippen LogP contribution in [-0.2, 0) is 0 Å². The van der Waals surface area contributed by atoms with Crippen LogP contribution < -0.4 is 0 Å². The van der Waals surface area contributed by atoms with Crippen molar-refractivity contribution in [3.05, 3.63) is 152 Å². The van der Waals surface area contributed by atoms with Gasteiger partial charge in [0.2, 0.25) is 0 Å². The third-order valence-corrected chi connectivity index (χ3v) is 8.50. The van der Waals surface area contributed by atoms with Gasteiger partial charge >= 0.3 is 0 Å². The molecule has 4 heteroatoms. The van der Waals surface area contributed by atoms with E-state index in [4.69, 9.17) is 19.4 Å². The summed E-state index contributed by atoms with van der Waals surface area (Å²) in [4.78, 5) is 15.6. The zero-order valence-corrected chi connectivity index (χ0v) is 24.2. The average molecular weight is 576 g/mol. The molecule has 0 atom stereocenters. The Labute approximate surface area is 259 Å². The minimum absolute atomic E-state index is 0.604. The lowest BCUT2D eigenvalue weighted by Crippen LogP contribution is -2.01. The van der Waals surface area contributed by atoms with Gasteiger partial charge in [-0.1, -0.05) is 121 Å². The van der Waals surface area contributed by atoms with Crippen molar-refractivity contribution < 1.29 is 4.42 Å². The summed E-state index contributed by atoms with van der Waals surface area (Å²) in [5, 5.41) is 6.64. The van der Waals surface area contributed by atoms with E-state index in [0.29, 0.717) is 17.5 Å². The van der Waals surface area contributed by atoms with Gasteiger partial charge in [0.05, 0.1) is 0 Å². The zero-order valence-electron chi connectivity index (χ0n) is 24.2. The van der Waals surface area contributed by atoms with E-state index in [1.807, 2.05) is 36.4 Å². The van der Waals surface area contributed by atoms with Crippen molar-refractivity contribution in [3.63, 3.8) is 0 Å². The lowest BCUT2D eigenvalue weighted by atomic mass is 9.95. The zero-order chi connectivity index (χ0) is 29.7. The van der Waals surface area contributed by atoms with Gasteiger partial charge in [-0.05, 0) is 63.0 Å². The highest BCUT2D eigenvalue weighted by molar-refractivity contribution is 6.11. The third kappa shape index (κ3) is 4.35. The Balaban J connectivity index is 1.36. The van der Waals surface area contributed by atoms with Gasteiger partial charge in [-0.15, -0.1) is 0 Å². The lowest BCUT2D eigenvalue weighted by molar-refractivity contribution is 0.669. The van der Waals surface area contributed by atoms with Crippen molar-refractivity contribution in [1.29, 1.82) is 0 Å². The monoisotopic (exact) mass is 575 g/mol. The molecule has 2 heterocycles. The molecule has 0 amide bonds. The maximum Gasteiger partial charge on any atom is 0.164 e. The molecule has 0 unspecified atom stereocenters. The molecule has 2 aromatic heterocycles. The Hall–Kier alpha value is -6.13. The van der Waals surface area contributed by atoms with Gasteiger partial charge in [0.25, 0.3) is 0 Å². The molecule has 0 spiro atoms. The normalized spacial score (nSPS) is 11.6. The molecule has 9 rings (SSSR count). The molecule has 0 N–H and O–H groups in total. The number of para-hydroxylation sites is 1. The topological polar surface area (TPSA) is 51.8 Å². The Kier molecular flexibility index (Phi) is 5.78. The lowest BCUT2D eigenvalue weighted by Gasteiger charge is -2.14. The van der Waals surface area contributed by atoms with Gasteiger partial charge in [-0.25, -0.2) is 15.0 Å². The molecule has 0 bridgehead atoms. The molecule has 45 heavy (non-hydrogen) atoms. The van der Waals surface area contributed by atoms with Crippen LogP contribution in [0.25, 0.3) is 88.8 Å². The molecular formula is C41H25N3O. The third-order valence-electron chi connectivity index (χ3n) is 8.50. The van der Waals surface area contributed by atoms with E-state index < -0.39 is 0 Å². The van der Waals surface area contributed by atoms with E-state index in [9.17, 15) is 0 Å². The highest BCUT2D eigenvalue weighted by Crippen LogP contribution is 2.39. The molecule has 9 aromatic rings. The van der Waals surface area contributed by atoms with Crippen LogP contribution in [0, 0.1) is 0 Å². The summed E-state index contributed by atoms with van der Waals surface area (Å²) >= 11 is 0. The van der Waals surface area contributed by atoms with Gasteiger partial charge in [-0.3, -0.25) is 0 Å². The first kappa shape index (κ1) is 25.4. The summed E-state index contributed by atoms with van der Waals surface area (Å²) in [5.74, 6) is 1.85. The van der Waals surface area contributed by atoms with Crippen molar-refractivity contribution in [2.24, 2.45) is 0 Å². The maximum atomic E-state index is 6.25. The molecule has 4 nitrogen and oxygen atoms in total. The Morgan fingerprint density at radius 3 is 1.76 bits per heavy atom. The van der Waals surface area contributed by atoms with E-state index in [-0.39, 0.29) is 0 Å². The first-order valence-electron chi connectivity index (χ1n) is 15.0. The van der Waals surface area contributed by atoms with Gasteiger partial charge < -0.3 is 4.42 Å². The van der Waals surface area contributed by atoms with Crippen molar-refractivity contribution >= 4 is 43.5 Å². The van der Waals surface area contributed by atoms with Crippen LogP contribution in [0.2, 0.25) is 0 Å². The molecule has 0 fully saturated rings. The number of rotatable bonds is 4. The predicted molar refractivity (Wildman–Crippen MR) is 184 cm³/mol. The molecule has 0 radical (unpaired) electrons. The number of fused-ring (bicyclic) bond motifs is 5. The van der Waals surface area contributed by atoms with Crippen LogP contribution in [0.15, 0.2) is 156 Å². The van der Waals surface area contributed by atoms with Crippen molar-refractivity contribution in [3.8, 4) is 45.3 Å². The largest absolute Gasteiger partial charge is 0.456 e. The standard InChI is InChI=1S/C41H25N3O/c1-2-12-27(13-3-1)34-24-29-15-6-7-16-30(29)25-35(34)41-43-39(31-22-21-26-11-4-5-14-28(26)23-31)42-40(44-41)33-18-10-20-37-38(33)32-17-8-9-19-36(32)45-37/h1-25H. The van der Waals surface area contributed by atoms with Gasteiger partial charge in [0.15, 0.2) is 17.5 Å². The molecule has 7 aromatic carbocycles. The van der Waals surface area contributed by atoms with Gasteiger partial charge in [0, 0.05) is 27.5 Å². The van der Waals surface area contributed by atoms with E-state index >= 15 is 0 Å². The second kappa shape index (κ2) is 10.2. The van der Waals surface area contributed by atoms with Crippen LogP contribution in [0.1, 0.15) is 0 Å². The Morgan fingerprint density at radius 2 is 0.956 bits per heavy atom. The average Bonchev–Trinajstić information content (AvgIpc) is 3.50. The molecule has 0 saturated heterocycles. The smallest absolute Gasteiger partial charge is 0.164 e. The van der Waals surface area contributed by atoms with E-state index in [1.54, 1.807) is 0 Å². The summed E-state index contributed by atoms with van der Waals surface area (Å²) in [5.41, 5.74) is 6.62. The van der Waals surface area contributed by atoms with Crippen LogP contribution in [0.5, 0.6) is 0 Å². The number of nitrogens with zero attached hydrogens (tertiary/aromatic N) is 3. The minimum Gasteiger partial charge on any atom is -0.456 e. The summed E-state index contributed by atoms with van der Waals surface area (Å²) in [6, 6.07) is 52.3. The fraction of sp³-hybridized carbons (Fsp3) is 0. The first-order chi connectivity index (χ1) is 22.3. The molecule has 0 saturated carbocycles. The fourth-order valence-corrected chi connectivity index (χ4v) is 6.32. The molecule has 0 aliphatic rings. The van der Waals surface area contributed by atoms with Crippen molar-refractivity contribution in [2.75, 3.05) is 0 Å². The highest BCUT2D eigenvalue weighted by Gasteiger charge is 2.20. The van der Waals surface area contributed by atoms with Crippen LogP contribution in [0.3, 0.4) is 0 Å². The maximum absolute atomic E-state index is 6.25. The quantitative estimate of drug-likeness (QED) is 0.209. The predicted octanol–water partition coefficient (Wildman–Crippen LogP) is 10.7. The number of benzene rings is 7. The number of hydrogen-bond acceptors (Lipinski definition) is 4. The van der Waals surface area contributed by atoms with Crippen molar-refractivity contribution in [1.82, 2.24) is 15.0 Å². The Morgan fingerprint density at radius 1 is 0.356 bits per heavy atom. The highest BCUT2D eigenvalue weighted by atomic mass is 16.3. The summed E-state index contributed by atoms with van der Waals surface area (Å²) in [6.07, 6.45) is 0. The van der Waals surface area contributed by atoms with Crippen LogP contribution in [0.4, 0.5) is 0 Å². The fourth-order valence-electron chi connectivity index (χ4n) is 6.32. The second-order valence-corrected chi connectivity index (χ2v) is 11.3. The number of furan rings is 1. The van der Waals surface area contributed by atoms with Gasteiger partial charge in [-0.2, -0.15) is 0 Å². The van der Waals surface area contributed by atoms with E-state index in [1.165, 1.54) is 10.8 Å². The van der Waals surface area contributed by atoms with Crippen LogP contribution >= 0.6 is 0 Å². The first-order valence-corrected chi connectivity index (χ1v) is 15.0. The van der Waals surface area contributed by atoms with Crippen LogP contribution in [-0.4, -0.2) is 15.0 Å². The summed E-state index contributed by atoms with van der Waals surface area (Å²) < 4.78 is 6.25. The van der Waals surface area contributed by atoms with Gasteiger partial charge in [0.1, 0.15) is 11.2 Å².